The lowest BCUT2D eigenvalue weighted by Gasteiger charge is -2.13. The van der Waals surface area contributed by atoms with E-state index < -0.39 is 29.4 Å². The third-order valence-corrected chi connectivity index (χ3v) is 1.98. The summed E-state index contributed by atoms with van der Waals surface area (Å²) >= 11 is 0. The third kappa shape index (κ3) is 2.97. The molecule has 0 aromatic rings. The second kappa shape index (κ2) is 4.81. The first-order chi connectivity index (χ1) is 7.07. The molecule has 0 aliphatic heterocycles. The van der Waals surface area contributed by atoms with Gasteiger partial charge in [0.1, 0.15) is 5.92 Å². The molecule has 6 heteroatoms. The molecule has 6 nitrogen and oxygen atoms in total. The largest absolute Gasteiger partial charge is 0.370 e. The van der Waals surface area contributed by atoms with Crippen molar-refractivity contribution in [1.82, 2.24) is 5.48 Å². The van der Waals surface area contributed by atoms with Gasteiger partial charge >= 0.3 is 0 Å². The minimum absolute atomic E-state index is 0.112. The Kier molecular flexibility index (Phi) is 3.70. The van der Waals surface area contributed by atoms with Gasteiger partial charge in [-0.3, -0.25) is 19.2 Å². The Morgan fingerprint density at radius 2 is 2.20 bits per heavy atom. The fraction of sp³-hybridized carbons (Fsp3) is 0.444. The van der Waals surface area contributed by atoms with Gasteiger partial charge in [-0.2, -0.15) is 5.48 Å². The highest BCUT2D eigenvalue weighted by Crippen LogP contribution is 2.25. The summed E-state index contributed by atoms with van der Waals surface area (Å²) in [5, 5.41) is 0. The highest BCUT2D eigenvalue weighted by molar-refractivity contribution is 6.60. The van der Waals surface area contributed by atoms with Crippen molar-refractivity contribution in [3.8, 4) is 0 Å². The number of carbonyl (C=O) groups is 3. The number of Topliss-reactive ketones (excluding diaryl/α,β-unsaturated/α-hetero) is 2. The molecular weight excluding hydrogens is 200 g/mol. The number of hydrogen-bond donors (Lipinski definition) is 2. The summed E-state index contributed by atoms with van der Waals surface area (Å²) in [7, 11) is 0. The lowest BCUT2D eigenvalue weighted by atomic mass is 10.1. The van der Waals surface area contributed by atoms with Crippen molar-refractivity contribution < 1.29 is 19.2 Å². The molecule has 0 bridgehead atoms. The van der Waals surface area contributed by atoms with Gasteiger partial charge in [0.05, 0.1) is 12.6 Å². The van der Waals surface area contributed by atoms with E-state index in [0.29, 0.717) is 0 Å². The lowest BCUT2D eigenvalue weighted by molar-refractivity contribution is -0.122. The van der Waals surface area contributed by atoms with Crippen molar-refractivity contribution in [3.63, 3.8) is 0 Å². The monoisotopic (exact) mass is 212 g/mol. The fourth-order valence-corrected chi connectivity index (χ4v) is 1.22. The van der Waals surface area contributed by atoms with Gasteiger partial charge in [0.15, 0.2) is 0 Å². The van der Waals surface area contributed by atoms with E-state index in [9.17, 15) is 14.4 Å². The van der Waals surface area contributed by atoms with Crippen molar-refractivity contribution >= 4 is 17.5 Å². The Bertz CT molecular complexity index is 299. The van der Waals surface area contributed by atoms with Crippen LogP contribution in [0.1, 0.15) is 6.42 Å². The molecule has 0 radical (unpaired) electrons. The molecule has 1 saturated carbocycles. The predicted octanol–water partition coefficient (Wildman–Crippen LogP) is -1.29. The first-order valence-corrected chi connectivity index (χ1v) is 4.42. The number of amides is 1. The topological polar surface area (TPSA) is 98.5 Å². The van der Waals surface area contributed by atoms with E-state index in [2.05, 4.69) is 12.1 Å². The van der Waals surface area contributed by atoms with Crippen molar-refractivity contribution in [1.29, 1.82) is 0 Å². The van der Waals surface area contributed by atoms with E-state index >= 15 is 0 Å². The van der Waals surface area contributed by atoms with Gasteiger partial charge in [-0.1, -0.05) is 6.08 Å². The Morgan fingerprint density at radius 1 is 1.60 bits per heavy atom. The lowest BCUT2D eigenvalue weighted by Crippen LogP contribution is -2.36. The summed E-state index contributed by atoms with van der Waals surface area (Å²) in [5.41, 5.74) is 7.44. The van der Waals surface area contributed by atoms with Crippen LogP contribution in [0.2, 0.25) is 0 Å². The molecule has 1 fully saturated rings. The maximum Gasteiger partial charge on any atom is 0.219 e. The number of primary amides is 1. The molecule has 0 aromatic carbocycles. The normalized spacial score (nSPS) is 17.6. The first-order valence-electron chi connectivity index (χ1n) is 4.42. The summed E-state index contributed by atoms with van der Waals surface area (Å²) in [6.07, 6.45) is 1.38. The number of ketones is 2. The van der Waals surface area contributed by atoms with Crippen LogP contribution < -0.4 is 11.2 Å². The molecule has 0 saturated heterocycles. The smallest absolute Gasteiger partial charge is 0.219 e. The van der Waals surface area contributed by atoms with Crippen molar-refractivity contribution in [2.75, 3.05) is 6.61 Å². The van der Waals surface area contributed by atoms with Crippen LogP contribution in [0.5, 0.6) is 0 Å². The molecule has 0 aromatic heterocycles. The molecule has 1 unspecified atom stereocenters. The zero-order valence-electron chi connectivity index (χ0n) is 8.06. The number of nitrogens with two attached hydrogens (primary N) is 1. The van der Waals surface area contributed by atoms with Crippen LogP contribution in [0.25, 0.3) is 0 Å². The average molecular weight is 212 g/mol. The standard InChI is InChI=1S/C9H12N2O4/c1-2-3-15-11-5(4-6(10)12)7-8(13)9(7)14/h2,5,7,11H,1,3-4H2,(H2,10,12). The van der Waals surface area contributed by atoms with E-state index in [1.165, 1.54) is 6.08 Å². The molecule has 15 heavy (non-hydrogen) atoms. The molecule has 1 aliphatic carbocycles. The molecule has 1 aliphatic rings. The molecule has 1 rings (SSSR count). The van der Waals surface area contributed by atoms with E-state index in [1.54, 1.807) is 0 Å². The van der Waals surface area contributed by atoms with Gasteiger partial charge in [-0.25, -0.2) is 0 Å². The highest BCUT2D eigenvalue weighted by atomic mass is 16.6. The fourth-order valence-electron chi connectivity index (χ4n) is 1.22. The van der Waals surface area contributed by atoms with Gasteiger partial charge in [0, 0.05) is 6.42 Å². The van der Waals surface area contributed by atoms with Gasteiger partial charge in [-0.15, -0.1) is 6.58 Å². The Labute approximate surface area is 86.4 Å². The van der Waals surface area contributed by atoms with Crippen LogP contribution >= 0.6 is 0 Å². The minimum atomic E-state index is -0.790. The van der Waals surface area contributed by atoms with Crippen LogP contribution in [-0.4, -0.2) is 30.1 Å². The maximum absolute atomic E-state index is 10.9. The van der Waals surface area contributed by atoms with E-state index in [-0.39, 0.29) is 13.0 Å². The van der Waals surface area contributed by atoms with Gasteiger partial charge in [0.25, 0.3) is 0 Å². The average Bonchev–Trinajstić information content (AvgIpc) is 2.73. The third-order valence-electron chi connectivity index (χ3n) is 1.98. The van der Waals surface area contributed by atoms with Crippen LogP contribution in [0.15, 0.2) is 12.7 Å². The number of hydroxylamine groups is 1. The van der Waals surface area contributed by atoms with E-state index in [1.807, 2.05) is 0 Å². The number of nitrogens with one attached hydrogen (secondary N) is 1. The summed E-state index contributed by atoms with van der Waals surface area (Å²) in [6, 6.07) is -0.664. The summed E-state index contributed by atoms with van der Waals surface area (Å²) < 4.78 is 0. The summed E-state index contributed by atoms with van der Waals surface area (Å²) in [4.78, 5) is 37.2. The second-order valence-corrected chi connectivity index (χ2v) is 3.20. The van der Waals surface area contributed by atoms with Crippen molar-refractivity contribution in [2.45, 2.75) is 12.5 Å². The molecule has 1 amide bonds. The van der Waals surface area contributed by atoms with Gasteiger partial charge < -0.3 is 5.73 Å². The van der Waals surface area contributed by atoms with Crippen LogP contribution in [0, 0.1) is 5.92 Å². The van der Waals surface area contributed by atoms with Crippen molar-refractivity contribution in [2.24, 2.45) is 11.7 Å². The molecule has 1 atom stereocenters. The van der Waals surface area contributed by atoms with Crippen molar-refractivity contribution in [3.05, 3.63) is 12.7 Å². The molecule has 0 heterocycles. The quantitative estimate of drug-likeness (QED) is 0.180. The SMILES string of the molecule is C=CCONC(CC(N)=O)C1C(=O)C1=O. The van der Waals surface area contributed by atoms with Gasteiger partial charge in [-0.05, 0) is 0 Å². The number of hydrogen-bond acceptors (Lipinski definition) is 5. The maximum atomic E-state index is 10.9. The summed E-state index contributed by atoms with van der Waals surface area (Å²) in [6.45, 7) is 3.63. The van der Waals surface area contributed by atoms with Crippen LogP contribution in [0.3, 0.4) is 0 Å². The molecule has 82 valence electrons. The number of carbonyl (C=O) groups excluding carboxylic acids is 3. The van der Waals surface area contributed by atoms with E-state index in [0.717, 1.165) is 0 Å². The van der Waals surface area contributed by atoms with E-state index in [4.69, 9.17) is 10.6 Å². The highest BCUT2D eigenvalue weighted by Gasteiger charge is 2.53. The Balaban J connectivity index is 2.46. The molecule has 0 spiro atoms. The van der Waals surface area contributed by atoms with Gasteiger partial charge in [0.2, 0.25) is 17.5 Å². The summed E-state index contributed by atoms with van der Waals surface area (Å²) in [5.74, 6) is -2.36. The predicted molar refractivity (Wildman–Crippen MR) is 50.4 cm³/mol. The molecule has 3 N–H and O–H groups in total. The zero-order valence-corrected chi connectivity index (χ0v) is 8.06. The number of rotatable bonds is 7. The van der Waals surface area contributed by atoms with Crippen LogP contribution in [-0.2, 0) is 19.2 Å². The second-order valence-electron chi connectivity index (χ2n) is 3.20. The zero-order chi connectivity index (χ0) is 11.4. The minimum Gasteiger partial charge on any atom is -0.370 e. The Hall–Kier alpha value is -1.53. The first kappa shape index (κ1) is 11.5. The molecular formula is C9H12N2O4. The Morgan fingerprint density at radius 3 is 2.60 bits per heavy atom. The van der Waals surface area contributed by atoms with Crippen LogP contribution in [0.4, 0.5) is 0 Å².